The fourth-order valence-electron chi connectivity index (χ4n) is 2.04. The van der Waals surface area contributed by atoms with Crippen LogP contribution in [-0.2, 0) is 4.74 Å². The number of methoxy groups -OCH3 is 1. The molecule has 0 radical (unpaired) electrons. The van der Waals surface area contributed by atoms with Crippen molar-refractivity contribution in [1.82, 2.24) is 0 Å². The molecule has 1 unspecified atom stereocenters. The van der Waals surface area contributed by atoms with Crippen molar-refractivity contribution in [3.8, 4) is 0 Å². The second-order valence-electron chi connectivity index (χ2n) is 3.43. The van der Waals surface area contributed by atoms with Crippen LogP contribution in [0.1, 0.15) is 19.3 Å². The Morgan fingerprint density at radius 2 is 2.38 bits per heavy atom. The predicted octanol–water partition coefficient (Wildman–Crippen LogP) is 2.91. The Morgan fingerprint density at radius 1 is 1.54 bits per heavy atom. The molecule has 0 heterocycles. The number of hydrogen-bond acceptors (Lipinski definition) is 1. The number of ether oxygens (including phenoxy) is 1. The topological polar surface area (TPSA) is 9.23 Å². The zero-order valence-electron chi connectivity index (χ0n) is 7.72. The third kappa shape index (κ3) is 1.41. The summed E-state index contributed by atoms with van der Waals surface area (Å²) in [6.45, 7) is 0. The van der Waals surface area contributed by atoms with Gasteiger partial charge >= 0.3 is 0 Å². The van der Waals surface area contributed by atoms with Crippen LogP contribution in [0.2, 0.25) is 0 Å². The number of hydrogen-bond donors (Lipinski definition) is 0. The van der Waals surface area contributed by atoms with E-state index in [-0.39, 0.29) is 0 Å². The Kier molecular flexibility index (Phi) is 2.21. The Balaban J connectivity index is 2.33. The number of alkyl halides is 1. The number of halogens is 1. The average molecular weight is 180 g/mol. The van der Waals surface area contributed by atoms with E-state index >= 15 is 0 Å². The van der Waals surface area contributed by atoms with E-state index in [2.05, 4.69) is 0 Å². The van der Waals surface area contributed by atoms with E-state index in [0.717, 1.165) is 36.0 Å². The minimum Gasteiger partial charge on any atom is -0.504 e. The Hall–Kier alpha value is -1.05. The van der Waals surface area contributed by atoms with Gasteiger partial charge in [-0.25, -0.2) is 4.39 Å². The highest BCUT2D eigenvalue weighted by Crippen LogP contribution is 2.38. The zero-order valence-corrected chi connectivity index (χ0v) is 7.72. The van der Waals surface area contributed by atoms with E-state index in [4.69, 9.17) is 4.74 Å². The molecule has 0 fully saturated rings. The molecule has 0 N–H and O–H groups in total. The van der Waals surface area contributed by atoms with Gasteiger partial charge in [-0.05, 0) is 36.5 Å². The van der Waals surface area contributed by atoms with E-state index in [1.54, 1.807) is 19.4 Å². The van der Waals surface area contributed by atoms with Crippen LogP contribution in [0.3, 0.4) is 0 Å². The maximum atomic E-state index is 13.3. The van der Waals surface area contributed by atoms with Crippen molar-refractivity contribution in [3.05, 3.63) is 35.1 Å². The Morgan fingerprint density at radius 3 is 3.15 bits per heavy atom. The molecule has 0 spiro atoms. The van der Waals surface area contributed by atoms with Gasteiger partial charge in [0.2, 0.25) is 0 Å². The van der Waals surface area contributed by atoms with E-state index in [9.17, 15) is 4.39 Å². The Labute approximate surface area is 77.6 Å². The highest BCUT2D eigenvalue weighted by molar-refractivity contribution is 5.50. The average Bonchev–Trinajstić information content (AvgIpc) is 2.59. The summed E-state index contributed by atoms with van der Waals surface area (Å²) in [5.74, 6) is 0. The summed E-state index contributed by atoms with van der Waals surface area (Å²) in [7, 11) is 1.62. The first kappa shape index (κ1) is 8.54. The van der Waals surface area contributed by atoms with E-state index < -0.39 is 6.17 Å². The molecule has 0 aromatic rings. The molecule has 0 saturated carbocycles. The van der Waals surface area contributed by atoms with Crippen LogP contribution in [-0.4, -0.2) is 13.3 Å². The molecular weight excluding hydrogens is 167 g/mol. The van der Waals surface area contributed by atoms with Gasteiger partial charge in [-0.15, -0.1) is 0 Å². The lowest BCUT2D eigenvalue weighted by Crippen LogP contribution is -2.06. The minimum absolute atomic E-state index is 0.855. The van der Waals surface area contributed by atoms with Gasteiger partial charge in [-0.1, -0.05) is 6.08 Å². The standard InChI is InChI=1S/C11H13FO/c1-13-7-8-5-6-11(12)10-4-2-3-9(8)10/h5-7,11H,2-4H2,1H3/b8-7+. The second kappa shape index (κ2) is 3.36. The van der Waals surface area contributed by atoms with Gasteiger partial charge in [-0.2, -0.15) is 0 Å². The van der Waals surface area contributed by atoms with Crippen LogP contribution in [0.25, 0.3) is 0 Å². The molecule has 0 aromatic heterocycles. The SMILES string of the molecule is CO/C=C1\C=CC(F)C2=C1CCC2. The van der Waals surface area contributed by atoms with Gasteiger partial charge in [0.05, 0.1) is 13.4 Å². The van der Waals surface area contributed by atoms with Crippen LogP contribution >= 0.6 is 0 Å². The van der Waals surface area contributed by atoms with Gasteiger partial charge in [0.1, 0.15) is 6.17 Å². The maximum Gasteiger partial charge on any atom is 0.140 e. The maximum absolute atomic E-state index is 13.3. The van der Waals surface area contributed by atoms with Crippen LogP contribution in [0, 0.1) is 0 Å². The largest absolute Gasteiger partial charge is 0.504 e. The molecule has 13 heavy (non-hydrogen) atoms. The van der Waals surface area contributed by atoms with Crippen LogP contribution < -0.4 is 0 Å². The molecule has 0 aliphatic heterocycles. The van der Waals surface area contributed by atoms with Crippen LogP contribution in [0.5, 0.6) is 0 Å². The molecule has 2 aliphatic rings. The highest BCUT2D eigenvalue weighted by Gasteiger charge is 2.25. The van der Waals surface area contributed by atoms with Crippen molar-refractivity contribution < 1.29 is 9.13 Å². The van der Waals surface area contributed by atoms with Gasteiger partial charge in [0.25, 0.3) is 0 Å². The second-order valence-corrected chi connectivity index (χ2v) is 3.43. The summed E-state index contributed by atoms with van der Waals surface area (Å²) >= 11 is 0. The smallest absolute Gasteiger partial charge is 0.140 e. The molecule has 70 valence electrons. The summed E-state index contributed by atoms with van der Waals surface area (Å²) < 4.78 is 18.3. The number of rotatable bonds is 1. The summed E-state index contributed by atoms with van der Waals surface area (Å²) in [5, 5.41) is 0. The predicted molar refractivity (Wildman–Crippen MR) is 50.0 cm³/mol. The molecule has 1 atom stereocenters. The monoisotopic (exact) mass is 180 g/mol. The minimum atomic E-state index is -0.855. The number of allylic oxidation sites excluding steroid dienone is 5. The lowest BCUT2D eigenvalue weighted by molar-refractivity contribution is 0.335. The van der Waals surface area contributed by atoms with E-state index in [1.165, 1.54) is 0 Å². The summed E-state index contributed by atoms with van der Waals surface area (Å²) in [5.41, 5.74) is 3.17. The molecule has 2 rings (SSSR count). The molecule has 1 nitrogen and oxygen atoms in total. The summed E-state index contributed by atoms with van der Waals surface area (Å²) in [4.78, 5) is 0. The summed E-state index contributed by atoms with van der Waals surface area (Å²) in [6.07, 6.45) is 7.24. The fourth-order valence-corrected chi connectivity index (χ4v) is 2.04. The lowest BCUT2D eigenvalue weighted by atomic mass is 9.94. The fraction of sp³-hybridized carbons (Fsp3) is 0.455. The van der Waals surface area contributed by atoms with Crippen molar-refractivity contribution in [2.24, 2.45) is 0 Å². The van der Waals surface area contributed by atoms with Crippen LogP contribution in [0.4, 0.5) is 4.39 Å². The van der Waals surface area contributed by atoms with Gasteiger partial charge in [0, 0.05) is 5.57 Å². The normalized spacial score (nSPS) is 29.7. The highest BCUT2D eigenvalue weighted by atomic mass is 19.1. The third-order valence-corrected chi connectivity index (χ3v) is 2.63. The molecule has 2 aliphatic carbocycles. The van der Waals surface area contributed by atoms with Crippen molar-refractivity contribution >= 4 is 0 Å². The van der Waals surface area contributed by atoms with Gasteiger partial charge in [-0.3, -0.25) is 0 Å². The molecule has 0 saturated heterocycles. The van der Waals surface area contributed by atoms with Crippen molar-refractivity contribution in [2.75, 3.05) is 7.11 Å². The quantitative estimate of drug-likeness (QED) is 0.564. The van der Waals surface area contributed by atoms with Gasteiger partial charge < -0.3 is 4.74 Å². The lowest BCUT2D eigenvalue weighted by Gasteiger charge is -2.15. The van der Waals surface area contributed by atoms with Crippen molar-refractivity contribution in [1.29, 1.82) is 0 Å². The third-order valence-electron chi connectivity index (χ3n) is 2.63. The first-order valence-corrected chi connectivity index (χ1v) is 4.60. The van der Waals surface area contributed by atoms with Gasteiger partial charge in [0.15, 0.2) is 0 Å². The zero-order chi connectivity index (χ0) is 9.26. The van der Waals surface area contributed by atoms with E-state index in [1.807, 2.05) is 6.08 Å². The van der Waals surface area contributed by atoms with Crippen molar-refractivity contribution in [3.63, 3.8) is 0 Å². The molecular formula is C11H13FO. The van der Waals surface area contributed by atoms with Crippen LogP contribution in [0.15, 0.2) is 35.1 Å². The molecule has 0 amide bonds. The molecule has 0 bridgehead atoms. The first-order chi connectivity index (χ1) is 6.33. The molecule has 0 aromatic carbocycles. The first-order valence-electron chi connectivity index (χ1n) is 4.60. The molecule has 2 heteroatoms. The van der Waals surface area contributed by atoms with Crippen molar-refractivity contribution in [2.45, 2.75) is 25.4 Å². The van der Waals surface area contributed by atoms with E-state index in [0.29, 0.717) is 0 Å². The Bertz CT molecular complexity index is 299. The summed E-state index contributed by atoms with van der Waals surface area (Å²) in [6, 6.07) is 0.